The molecule has 0 spiro atoms. The van der Waals surface area contributed by atoms with Crippen LogP contribution >= 0.6 is 21.6 Å². The number of benzene rings is 1. The third kappa shape index (κ3) is 2.72. The summed E-state index contributed by atoms with van der Waals surface area (Å²) in [6, 6.07) is 7.53. The molecule has 1 aromatic rings. The highest BCUT2D eigenvalue weighted by atomic mass is 33.1. The van der Waals surface area contributed by atoms with Crippen molar-refractivity contribution >= 4 is 33.4 Å². The Bertz CT molecular complexity index is 904. The van der Waals surface area contributed by atoms with E-state index in [0.29, 0.717) is 30.8 Å². The molecule has 3 saturated heterocycles. The Labute approximate surface area is 178 Å². The lowest BCUT2D eigenvalue weighted by atomic mass is 9.92. The average Bonchev–Trinajstić information content (AvgIpc) is 3.21. The first-order valence-electron chi connectivity index (χ1n) is 9.70. The van der Waals surface area contributed by atoms with E-state index in [1.807, 2.05) is 32.0 Å². The number of hydrogen-bond acceptors (Lipinski definition) is 7. The van der Waals surface area contributed by atoms with E-state index in [2.05, 4.69) is 6.07 Å². The van der Waals surface area contributed by atoms with Gasteiger partial charge in [-0.05, 0) is 30.5 Å². The number of nitrogens with zero attached hydrogens (tertiary/aromatic N) is 3. The zero-order valence-electron chi connectivity index (χ0n) is 16.6. The minimum Gasteiger partial charge on any atom is -0.454 e. The maximum Gasteiger partial charge on any atom is 0.262 e. The third-order valence-electron chi connectivity index (χ3n) is 5.97. The highest BCUT2D eigenvalue weighted by Gasteiger charge is 2.68. The maximum atomic E-state index is 13.8. The molecule has 2 bridgehead atoms. The Balaban J connectivity index is 1.83. The van der Waals surface area contributed by atoms with Crippen LogP contribution in [0.1, 0.15) is 51.1 Å². The molecule has 4 heterocycles. The first-order valence-corrected chi connectivity index (χ1v) is 11.9. The summed E-state index contributed by atoms with van der Waals surface area (Å²) < 4.78 is 10.9. The topological polar surface area (TPSA) is 82.9 Å². The van der Waals surface area contributed by atoms with Gasteiger partial charge in [0.25, 0.3) is 11.8 Å². The number of carbonyl (C=O) groups excluding carboxylic acids is 2. The molecule has 2 amide bonds. The molecule has 0 aliphatic carbocycles. The second kappa shape index (κ2) is 7.33. The van der Waals surface area contributed by atoms with Crippen LogP contribution in [0.3, 0.4) is 0 Å². The number of amides is 2. The molecule has 4 aliphatic rings. The summed E-state index contributed by atoms with van der Waals surface area (Å²) in [6.45, 7) is 4.12. The zero-order valence-corrected chi connectivity index (χ0v) is 18.3. The summed E-state index contributed by atoms with van der Waals surface area (Å²) in [7, 11) is 4.59. The van der Waals surface area contributed by atoms with Gasteiger partial charge in [-0.1, -0.05) is 41.5 Å². The molecule has 0 saturated carbocycles. The lowest BCUT2D eigenvalue weighted by Gasteiger charge is -2.61. The van der Waals surface area contributed by atoms with Crippen LogP contribution in [-0.4, -0.2) is 45.2 Å². The van der Waals surface area contributed by atoms with E-state index >= 15 is 0 Å². The third-order valence-corrected chi connectivity index (χ3v) is 9.83. The van der Waals surface area contributed by atoms with Crippen molar-refractivity contribution in [1.29, 1.82) is 5.26 Å². The molecule has 29 heavy (non-hydrogen) atoms. The Morgan fingerprint density at radius 1 is 1.17 bits per heavy atom. The van der Waals surface area contributed by atoms with Crippen LogP contribution < -0.4 is 9.47 Å². The van der Waals surface area contributed by atoms with Crippen molar-refractivity contribution in [2.45, 2.75) is 55.3 Å². The van der Waals surface area contributed by atoms with E-state index in [4.69, 9.17) is 9.47 Å². The second-order valence-electron chi connectivity index (χ2n) is 7.32. The molecule has 7 nitrogen and oxygen atoms in total. The Morgan fingerprint density at radius 2 is 1.90 bits per heavy atom. The van der Waals surface area contributed by atoms with Crippen molar-refractivity contribution < 1.29 is 19.1 Å². The normalized spacial score (nSPS) is 28.6. The van der Waals surface area contributed by atoms with E-state index < -0.39 is 9.74 Å². The largest absolute Gasteiger partial charge is 0.454 e. The van der Waals surface area contributed by atoms with Gasteiger partial charge in [0, 0.05) is 19.9 Å². The van der Waals surface area contributed by atoms with E-state index in [0.717, 1.165) is 5.56 Å². The van der Waals surface area contributed by atoms with E-state index in [9.17, 15) is 14.9 Å². The predicted molar refractivity (Wildman–Crippen MR) is 111 cm³/mol. The van der Waals surface area contributed by atoms with E-state index in [-0.39, 0.29) is 31.1 Å². The fourth-order valence-electron chi connectivity index (χ4n) is 4.35. The second-order valence-corrected chi connectivity index (χ2v) is 10.0. The fourth-order valence-corrected chi connectivity index (χ4v) is 8.23. The van der Waals surface area contributed by atoms with Gasteiger partial charge in [-0.25, -0.2) is 0 Å². The summed E-state index contributed by atoms with van der Waals surface area (Å²) >= 11 is 0. The predicted octanol–water partition coefficient (Wildman–Crippen LogP) is 3.67. The maximum absolute atomic E-state index is 13.8. The SMILES string of the molecule is CCC(c1ccc2c(c1)OCO2)N1C(=O)[C@@]2(CC)SSC1(CCC#N)C(=O)N2C. The van der Waals surface area contributed by atoms with Crippen molar-refractivity contribution in [2.75, 3.05) is 13.8 Å². The smallest absolute Gasteiger partial charge is 0.262 e. The van der Waals surface area contributed by atoms with Gasteiger partial charge < -0.3 is 19.3 Å². The first kappa shape index (κ1) is 20.2. The molecule has 154 valence electrons. The van der Waals surface area contributed by atoms with Crippen molar-refractivity contribution in [3.8, 4) is 17.6 Å². The lowest BCUT2D eigenvalue weighted by Crippen LogP contribution is -2.76. The number of carbonyl (C=O) groups is 2. The van der Waals surface area contributed by atoms with Crippen molar-refractivity contribution in [3.05, 3.63) is 23.8 Å². The van der Waals surface area contributed by atoms with E-state index in [1.165, 1.54) is 21.6 Å². The molecule has 5 rings (SSSR count). The Hall–Kier alpha value is -2.05. The highest BCUT2D eigenvalue weighted by molar-refractivity contribution is 8.78. The summed E-state index contributed by atoms with van der Waals surface area (Å²) in [5.74, 6) is 1.17. The molecule has 2 unspecified atom stereocenters. The monoisotopic (exact) mass is 433 g/mol. The van der Waals surface area contributed by atoms with Crippen LogP contribution in [-0.2, 0) is 9.59 Å². The number of likely N-dealkylation sites (N-methyl/N-ethyl adjacent to an activating group) is 1. The molecule has 0 aromatic heterocycles. The molecule has 9 heteroatoms. The minimum absolute atomic E-state index is 0.0618. The van der Waals surface area contributed by atoms with Gasteiger partial charge in [-0.3, -0.25) is 9.59 Å². The Morgan fingerprint density at radius 3 is 2.59 bits per heavy atom. The number of ether oxygens (including phenoxy) is 2. The summed E-state index contributed by atoms with van der Waals surface area (Å²) in [6.07, 6.45) is 1.67. The number of fused-ring (bicyclic) bond motifs is 4. The van der Waals surface area contributed by atoms with Gasteiger partial charge in [0.2, 0.25) is 6.79 Å². The molecular formula is C20H23N3O4S2. The number of piperazine rings is 1. The van der Waals surface area contributed by atoms with Gasteiger partial charge in [-0.2, -0.15) is 5.26 Å². The number of nitriles is 1. The van der Waals surface area contributed by atoms with Crippen LogP contribution in [0.25, 0.3) is 0 Å². The number of rotatable bonds is 6. The summed E-state index contributed by atoms with van der Waals surface area (Å²) in [4.78, 5) is 28.7. The minimum atomic E-state index is -1.08. The molecule has 0 radical (unpaired) electrons. The van der Waals surface area contributed by atoms with Crippen molar-refractivity contribution in [3.63, 3.8) is 0 Å². The van der Waals surface area contributed by atoms with Crippen LogP contribution in [0, 0.1) is 11.3 Å². The fraction of sp³-hybridized carbons (Fsp3) is 0.550. The average molecular weight is 434 g/mol. The molecule has 1 aromatic carbocycles. The van der Waals surface area contributed by atoms with Gasteiger partial charge in [0.05, 0.1) is 12.1 Å². The quantitative estimate of drug-likeness (QED) is 0.633. The zero-order chi connectivity index (χ0) is 20.8. The van der Waals surface area contributed by atoms with Crippen molar-refractivity contribution in [1.82, 2.24) is 9.80 Å². The van der Waals surface area contributed by atoms with Crippen LogP contribution in [0.4, 0.5) is 0 Å². The van der Waals surface area contributed by atoms with Gasteiger partial charge in [-0.15, -0.1) is 0 Å². The summed E-state index contributed by atoms with van der Waals surface area (Å²) in [5.41, 5.74) is 0.904. The molecular weight excluding hydrogens is 410 g/mol. The Kier molecular flexibility index (Phi) is 5.11. The van der Waals surface area contributed by atoms with Crippen LogP contribution in [0.15, 0.2) is 18.2 Å². The van der Waals surface area contributed by atoms with Gasteiger partial charge in [0.1, 0.15) is 0 Å². The molecule has 3 atom stereocenters. The lowest BCUT2D eigenvalue weighted by molar-refractivity contribution is -0.169. The first-order chi connectivity index (χ1) is 13.9. The van der Waals surface area contributed by atoms with Gasteiger partial charge >= 0.3 is 0 Å². The molecule has 3 fully saturated rings. The van der Waals surface area contributed by atoms with Crippen LogP contribution in [0.2, 0.25) is 0 Å². The standard InChI is InChI=1S/C20H23N3O4S2/c1-4-14(13-7-8-15-16(11-13)27-12-26-15)23-18(25)19(5-2)22(3)17(24)20(23,29-28-19)9-6-10-21/h7-8,11,14H,4-6,9,12H2,1-3H3/t14?,19-,20?/m1/s1. The summed E-state index contributed by atoms with van der Waals surface area (Å²) in [5, 5.41) is 9.21. The van der Waals surface area contributed by atoms with E-state index in [1.54, 1.807) is 16.8 Å². The van der Waals surface area contributed by atoms with Crippen molar-refractivity contribution in [2.24, 2.45) is 0 Å². The molecule has 0 N–H and O–H groups in total. The van der Waals surface area contributed by atoms with Gasteiger partial charge in [0.15, 0.2) is 21.2 Å². The highest BCUT2D eigenvalue weighted by Crippen LogP contribution is 2.63. The molecule has 4 aliphatic heterocycles. The van der Waals surface area contributed by atoms with Crippen LogP contribution in [0.5, 0.6) is 11.5 Å². The number of hydrogen-bond donors (Lipinski definition) is 0.